The van der Waals surface area contributed by atoms with Crippen molar-refractivity contribution < 1.29 is 14.3 Å². The van der Waals surface area contributed by atoms with E-state index in [2.05, 4.69) is 31.5 Å². The van der Waals surface area contributed by atoms with Crippen molar-refractivity contribution >= 4 is 33.4 Å². The maximum absolute atomic E-state index is 12.8. The van der Waals surface area contributed by atoms with Crippen LogP contribution in [0.5, 0.6) is 0 Å². The van der Waals surface area contributed by atoms with E-state index in [1.54, 1.807) is 25.1 Å². The molecule has 2 N–H and O–H groups in total. The zero-order valence-electron chi connectivity index (χ0n) is 16.4. The second-order valence-electron chi connectivity index (χ2n) is 6.37. The van der Waals surface area contributed by atoms with Gasteiger partial charge in [-0.25, -0.2) is 4.98 Å². The third-order valence-electron chi connectivity index (χ3n) is 3.90. The van der Waals surface area contributed by atoms with Gasteiger partial charge >= 0.3 is 0 Å². The van der Waals surface area contributed by atoms with E-state index in [0.29, 0.717) is 24.5 Å². The number of benzene rings is 1. The third kappa shape index (κ3) is 6.14. The van der Waals surface area contributed by atoms with E-state index in [4.69, 9.17) is 4.74 Å². The molecule has 150 valence electrons. The van der Waals surface area contributed by atoms with Gasteiger partial charge in [0.15, 0.2) is 0 Å². The molecule has 1 heterocycles. The summed E-state index contributed by atoms with van der Waals surface area (Å²) in [6, 6.07) is 10.7. The molecule has 2 amide bonds. The predicted molar refractivity (Wildman–Crippen MR) is 114 cm³/mol. The second kappa shape index (κ2) is 10.9. The van der Waals surface area contributed by atoms with Crippen molar-refractivity contribution in [3.05, 3.63) is 58.9 Å². The molecule has 28 heavy (non-hydrogen) atoms. The van der Waals surface area contributed by atoms with Crippen molar-refractivity contribution in [2.24, 2.45) is 0 Å². The van der Waals surface area contributed by atoms with Crippen molar-refractivity contribution in [3.8, 4) is 0 Å². The van der Waals surface area contributed by atoms with Crippen LogP contribution in [0.3, 0.4) is 0 Å². The van der Waals surface area contributed by atoms with E-state index in [1.165, 1.54) is 0 Å². The number of aromatic nitrogens is 1. The molecule has 1 aromatic carbocycles. The third-order valence-corrected chi connectivity index (χ3v) is 4.70. The van der Waals surface area contributed by atoms with E-state index in [9.17, 15) is 9.59 Å². The van der Waals surface area contributed by atoms with E-state index >= 15 is 0 Å². The maximum atomic E-state index is 12.8. The van der Waals surface area contributed by atoms with Gasteiger partial charge in [-0.05, 0) is 49.6 Å². The minimum absolute atomic E-state index is 0.131. The molecule has 0 spiro atoms. The summed E-state index contributed by atoms with van der Waals surface area (Å²) in [7, 11) is 0. The Balaban J connectivity index is 2.20. The summed E-state index contributed by atoms with van der Waals surface area (Å²) in [6.45, 7) is 6.96. The predicted octanol–water partition coefficient (Wildman–Crippen LogP) is 4.60. The van der Waals surface area contributed by atoms with Crippen LogP contribution < -0.4 is 10.6 Å². The lowest BCUT2D eigenvalue weighted by Crippen LogP contribution is -2.28. The normalized spacial score (nSPS) is 11.7. The lowest BCUT2D eigenvalue weighted by Gasteiger charge is -2.14. The molecule has 0 bridgehead atoms. The number of ether oxygens (including phenoxy) is 1. The number of rotatable bonds is 9. The summed E-state index contributed by atoms with van der Waals surface area (Å²) < 4.78 is 5.66. The highest BCUT2D eigenvalue weighted by Gasteiger charge is 2.19. The summed E-state index contributed by atoms with van der Waals surface area (Å²) in [5.74, 6) is -0.732. The molecule has 1 atom stereocenters. The molecule has 2 aromatic rings. The number of carbonyl (C=O) groups excluding carboxylic acids is 2. The standard InChI is InChI=1S/C21H26BrN3O3/c1-4-11-23-21(27)18-17(10-9-14(3)24-18)20(26)25-16-8-6-7-15(13-16)19(22)28-12-5-2/h6-10,13,19H,4-5,11-12H2,1-3H3,(H,23,27)(H,25,26). The zero-order chi connectivity index (χ0) is 20.5. The van der Waals surface area contributed by atoms with Crippen molar-refractivity contribution in [2.45, 2.75) is 38.6 Å². The van der Waals surface area contributed by atoms with Gasteiger partial charge in [0.1, 0.15) is 10.7 Å². The van der Waals surface area contributed by atoms with Crippen LogP contribution >= 0.6 is 15.9 Å². The van der Waals surface area contributed by atoms with Crippen LogP contribution in [0.15, 0.2) is 36.4 Å². The topological polar surface area (TPSA) is 80.3 Å². The molecule has 6 nitrogen and oxygen atoms in total. The molecule has 0 aliphatic carbocycles. The lowest BCUT2D eigenvalue weighted by molar-refractivity contribution is 0.0935. The Morgan fingerprint density at radius 3 is 2.64 bits per heavy atom. The number of alkyl halides is 1. The number of hydrogen-bond donors (Lipinski definition) is 2. The Kier molecular flexibility index (Phi) is 8.60. The van der Waals surface area contributed by atoms with Gasteiger partial charge in [0.05, 0.1) is 5.56 Å². The first-order valence-electron chi connectivity index (χ1n) is 9.39. The summed E-state index contributed by atoms with van der Waals surface area (Å²) in [4.78, 5) is 29.5. The molecule has 7 heteroatoms. The van der Waals surface area contributed by atoms with Gasteiger partial charge in [0.2, 0.25) is 0 Å². The Morgan fingerprint density at radius 1 is 1.14 bits per heavy atom. The van der Waals surface area contributed by atoms with Crippen LogP contribution in [0.1, 0.15) is 63.8 Å². The summed E-state index contributed by atoms with van der Waals surface area (Å²) in [5.41, 5.74) is 2.56. The smallest absolute Gasteiger partial charge is 0.270 e. The zero-order valence-corrected chi connectivity index (χ0v) is 18.0. The number of pyridine rings is 1. The van der Waals surface area contributed by atoms with Crippen molar-refractivity contribution in [1.82, 2.24) is 10.3 Å². The molecule has 0 saturated carbocycles. The molecule has 0 aliphatic heterocycles. The molecule has 1 aromatic heterocycles. The minimum Gasteiger partial charge on any atom is -0.362 e. The summed E-state index contributed by atoms with van der Waals surface area (Å²) in [5, 5.41) is 5.37. The number of hydrogen-bond acceptors (Lipinski definition) is 4. The van der Waals surface area contributed by atoms with Gasteiger partial charge in [-0.1, -0.05) is 41.9 Å². The molecule has 0 radical (unpaired) electrons. The van der Waals surface area contributed by atoms with Gasteiger partial charge < -0.3 is 15.4 Å². The second-order valence-corrected chi connectivity index (χ2v) is 7.20. The lowest BCUT2D eigenvalue weighted by atomic mass is 10.1. The Morgan fingerprint density at radius 2 is 1.93 bits per heavy atom. The first-order chi connectivity index (χ1) is 13.5. The number of nitrogens with one attached hydrogen (secondary N) is 2. The number of nitrogens with zero attached hydrogens (tertiary/aromatic N) is 1. The SMILES string of the molecule is CCCNC(=O)c1nc(C)ccc1C(=O)Nc1cccc(C(Br)OCCC)c1. The fourth-order valence-corrected chi connectivity index (χ4v) is 2.98. The average Bonchev–Trinajstić information content (AvgIpc) is 2.70. The molecule has 0 saturated heterocycles. The Bertz CT molecular complexity index is 826. The van der Waals surface area contributed by atoms with Crippen LogP contribution in [-0.4, -0.2) is 29.9 Å². The monoisotopic (exact) mass is 447 g/mol. The number of carbonyl (C=O) groups is 2. The minimum atomic E-state index is -0.383. The van der Waals surface area contributed by atoms with Gasteiger partial charge in [-0.3, -0.25) is 9.59 Å². The van der Waals surface area contributed by atoms with Gasteiger partial charge in [-0.2, -0.15) is 0 Å². The summed E-state index contributed by atoms with van der Waals surface area (Å²) >= 11 is 3.50. The Labute approximate surface area is 174 Å². The largest absolute Gasteiger partial charge is 0.362 e. The molecule has 2 rings (SSSR count). The van der Waals surface area contributed by atoms with Crippen molar-refractivity contribution in [2.75, 3.05) is 18.5 Å². The fourth-order valence-electron chi connectivity index (χ4n) is 2.51. The van der Waals surface area contributed by atoms with E-state index in [-0.39, 0.29) is 28.1 Å². The quantitative estimate of drug-likeness (QED) is 0.550. The average molecular weight is 448 g/mol. The van der Waals surface area contributed by atoms with Crippen molar-refractivity contribution in [3.63, 3.8) is 0 Å². The first kappa shape index (κ1) is 22.0. The number of aryl methyl sites for hydroxylation is 1. The van der Waals surface area contributed by atoms with Gasteiger partial charge in [0.25, 0.3) is 11.8 Å². The number of amides is 2. The molecular formula is C21H26BrN3O3. The molecular weight excluding hydrogens is 422 g/mol. The number of halogens is 1. The van der Waals surface area contributed by atoms with Crippen LogP contribution in [0, 0.1) is 6.92 Å². The Hall–Kier alpha value is -2.25. The molecule has 1 unspecified atom stereocenters. The van der Waals surface area contributed by atoms with Crippen LogP contribution in [0.25, 0.3) is 0 Å². The van der Waals surface area contributed by atoms with Crippen LogP contribution in [0.2, 0.25) is 0 Å². The first-order valence-corrected chi connectivity index (χ1v) is 10.3. The van der Waals surface area contributed by atoms with Crippen molar-refractivity contribution in [1.29, 1.82) is 0 Å². The maximum Gasteiger partial charge on any atom is 0.270 e. The molecule has 0 aliphatic rings. The van der Waals surface area contributed by atoms with Gasteiger partial charge in [-0.15, -0.1) is 0 Å². The van der Waals surface area contributed by atoms with E-state index in [0.717, 1.165) is 18.4 Å². The van der Waals surface area contributed by atoms with E-state index in [1.807, 2.05) is 32.0 Å². The van der Waals surface area contributed by atoms with Crippen LogP contribution in [0.4, 0.5) is 5.69 Å². The van der Waals surface area contributed by atoms with Gasteiger partial charge in [0, 0.05) is 24.5 Å². The van der Waals surface area contributed by atoms with E-state index < -0.39 is 0 Å². The highest BCUT2D eigenvalue weighted by Crippen LogP contribution is 2.26. The van der Waals surface area contributed by atoms with Crippen LogP contribution in [-0.2, 0) is 4.74 Å². The number of anilines is 1. The summed E-state index contributed by atoms with van der Waals surface area (Å²) in [6.07, 6.45) is 1.72. The fraction of sp³-hybridized carbons (Fsp3) is 0.381. The highest BCUT2D eigenvalue weighted by atomic mass is 79.9. The molecule has 0 fully saturated rings. The highest BCUT2D eigenvalue weighted by molar-refractivity contribution is 9.09.